The zero-order valence-corrected chi connectivity index (χ0v) is 16.4. The van der Waals surface area contributed by atoms with Crippen molar-refractivity contribution in [2.24, 2.45) is 0 Å². The Kier molecular flexibility index (Phi) is 7.16. The van der Waals surface area contributed by atoms with Gasteiger partial charge in [-0.1, -0.05) is 45.0 Å². The number of ether oxygens (including phenoxy) is 1. The fourth-order valence-electron chi connectivity index (χ4n) is 2.44. The highest BCUT2D eigenvalue weighted by atomic mass is 16.5. The smallest absolute Gasteiger partial charge is 0.276 e. The molecule has 2 N–H and O–H groups in total. The summed E-state index contributed by atoms with van der Waals surface area (Å²) in [5.41, 5.74) is 7.63. The zero-order chi connectivity index (χ0) is 20.6. The van der Waals surface area contributed by atoms with Gasteiger partial charge >= 0.3 is 0 Å². The number of nitrogens with one attached hydrogen (secondary N) is 2. The van der Waals surface area contributed by atoms with E-state index >= 15 is 0 Å². The van der Waals surface area contributed by atoms with Gasteiger partial charge in [0.1, 0.15) is 5.75 Å². The number of hydrogen-bond donors (Lipinski definition) is 2. The summed E-state index contributed by atoms with van der Waals surface area (Å²) in [6.45, 7) is 6.23. The van der Waals surface area contributed by atoms with E-state index in [1.807, 2.05) is 18.2 Å². The predicted octanol–water partition coefficient (Wildman–Crippen LogP) is 3.01. The van der Waals surface area contributed by atoms with Crippen LogP contribution in [0.25, 0.3) is 0 Å². The second-order valence-electron chi connectivity index (χ2n) is 7.47. The van der Waals surface area contributed by atoms with Crippen LogP contribution in [-0.4, -0.2) is 18.4 Å². The molecule has 146 valence electrons. The molecule has 28 heavy (non-hydrogen) atoms. The van der Waals surface area contributed by atoms with Crippen LogP contribution in [0.5, 0.6) is 5.75 Å². The van der Waals surface area contributed by atoms with Gasteiger partial charge in [-0.25, -0.2) is 0 Å². The van der Waals surface area contributed by atoms with Crippen molar-refractivity contribution in [1.29, 1.82) is 5.26 Å². The minimum absolute atomic E-state index is 0.0972. The van der Waals surface area contributed by atoms with Crippen LogP contribution in [0.2, 0.25) is 0 Å². The molecule has 0 aliphatic carbocycles. The maximum Gasteiger partial charge on any atom is 0.276 e. The molecular formula is C22H25N3O3. The van der Waals surface area contributed by atoms with E-state index in [4.69, 9.17) is 10.00 Å². The number of nitrogens with zero attached hydrogens (tertiary/aromatic N) is 1. The summed E-state index contributed by atoms with van der Waals surface area (Å²) in [6.07, 6.45) is 0.861. The van der Waals surface area contributed by atoms with E-state index in [-0.39, 0.29) is 24.3 Å². The minimum Gasteiger partial charge on any atom is -0.484 e. The maximum absolute atomic E-state index is 11.9. The van der Waals surface area contributed by atoms with E-state index in [1.165, 1.54) is 5.56 Å². The highest BCUT2D eigenvalue weighted by Crippen LogP contribution is 2.22. The van der Waals surface area contributed by atoms with Crippen LogP contribution in [0.15, 0.2) is 48.5 Å². The van der Waals surface area contributed by atoms with Crippen LogP contribution in [0, 0.1) is 11.3 Å². The molecule has 6 nitrogen and oxygen atoms in total. The van der Waals surface area contributed by atoms with Crippen LogP contribution in [0.3, 0.4) is 0 Å². The lowest BCUT2D eigenvalue weighted by Crippen LogP contribution is -2.43. The summed E-state index contributed by atoms with van der Waals surface area (Å²) < 4.78 is 5.29. The largest absolute Gasteiger partial charge is 0.484 e. The number of carbonyl (C=O) groups excluding carboxylic acids is 2. The molecule has 0 saturated heterocycles. The van der Waals surface area contributed by atoms with Crippen molar-refractivity contribution in [2.75, 3.05) is 6.61 Å². The molecule has 0 spiro atoms. The van der Waals surface area contributed by atoms with E-state index in [9.17, 15) is 9.59 Å². The zero-order valence-electron chi connectivity index (χ0n) is 16.4. The average Bonchev–Trinajstić information content (AvgIpc) is 2.69. The molecule has 6 heteroatoms. The predicted molar refractivity (Wildman–Crippen MR) is 106 cm³/mol. The molecule has 0 aliphatic rings. The third-order valence-corrected chi connectivity index (χ3v) is 4.16. The lowest BCUT2D eigenvalue weighted by atomic mass is 9.86. The van der Waals surface area contributed by atoms with Gasteiger partial charge in [-0.05, 0) is 47.2 Å². The van der Waals surface area contributed by atoms with E-state index < -0.39 is 5.91 Å². The van der Waals surface area contributed by atoms with E-state index in [0.717, 1.165) is 5.56 Å². The normalized spacial score (nSPS) is 10.6. The minimum atomic E-state index is -0.466. The topological polar surface area (TPSA) is 91.2 Å². The van der Waals surface area contributed by atoms with Crippen molar-refractivity contribution in [2.45, 2.75) is 39.0 Å². The standard InChI is InChI=1S/C22H25N3O3/c1-22(2,3)18-9-4-16(5-10-18)8-13-20(26)24-25-21(27)15-28-19-11-6-17(14-23)7-12-19/h4-7,9-12H,8,13,15H2,1-3H3,(H,24,26)(H,25,27). The monoisotopic (exact) mass is 379 g/mol. The van der Waals surface area contributed by atoms with Crippen molar-refractivity contribution in [3.05, 3.63) is 65.2 Å². The average molecular weight is 379 g/mol. The number of benzene rings is 2. The lowest BCUT2D eigenvalue weighted by Gasteiger charge is -2.19. The Morgan fingerprint density at radius 1 is 0.964 bits per heavy atom. The first-order valence-electron chi connectivity index (χ1n) is 9.08. The van der Waals surface area contributed by atoms with Crippen molar-refractivity contribution in [1.82, 2.24) is 10.9 Å². The summed E-state index contributed by atoms with van der Waals surface area (Å²) in [7, 11) is 0. The van der Waals surface area contributed by atoms with Gasteiger partial charge in [0.05, 0.1) is 11.6 Å². The SMILES string of the molecule is CC(C)(C)c1ccc(CCC(=O)NNC(=O)COc2ccc(C#N)cc2)cc1. The maximum atomic E-state index is 11.9. The fraction of sp³-hybridized carbons (Fsp3) is 0.318. The highest BCUT2D eigenvalue weighted by Gasteiger charge is 2.13. The lowest BCUT2D eigenvalue weighted by molar-refractivity contribution is -0.130. The van der Waals surface area contributed by atoms with Crippen LogP contribution in [0.1, 0.15) is 43.9 Å². The third kappa shape index (κ3) is 6.76. The van der Waals surface area contributed by atoms with Gasteiger partial charge in [0.25, 0.3) is 5.91 Å². The summed E-state index contributed by atoms with van der Waals surface area (Å²) in [5, 5.41) is 8.73. The summed E-state index contributed by atoms with van der Waals surface area (Å²) >= 11 is 0. The molecule has 0 atom stereocenters. The molecule has 0 saturated carbocycles. The van der Waals surface area contributed by atoms with Crippen molar-refractivity contribution in [3.63, 3.8) is 0 Å². The summed E-state index contributed by atoms with van der Waals surface area (Å²) in [5.74, 6) is -0.266. The summed E-state index contributed by atoms with van der Waals surface area (Å²) in [4.78, 5) is 23.6. The number of aryl methyl sites for hydroxylation is 1. The van der Waals surface area contributed by atoms with Crippen LogP contribution in [0.4, 0.5) is 0 Å². The molecule has 2 rings (SSSR count). The molecular weight excluding hydrogens is 354 g/mol. The first kappa shape index (κ1) is 21.0. The Bertz CT molecular complexity index is 845. The van der Waals surface area contributed by atoms with Crippen LogP contribution in [-0.2, 0) is 21.4 Å². The molecule has 2 amide bonds. The second-order valence-corrected chi connectivity index (χ2v) is 7.47. The van der Waals surface area contributed by atoms with Crippen LogP contribution < -0.4 is 15.6 Å². The van der Waals surface area contributed by atoms with Gasteiger partial charge in [-0.15, -0.1) is 0 Å². The number of amides is 2. The van der Waals surface area contributed by atoms with Crippen molar-refractivity contribution in [3.8, 4) is 11.8 Å². The van der Waals surface area contributed by atoms with Gasteiger partial charge in [0.15, 0.2) is 6.61 Å². The molecule has 0 heterocycles. The second kappa shape index (κ2) is 9.56. The van der Waals surface area contributed by atoms with Gasteiger partial charge in [-0.2, -0.15) is 5.26 Å². The van der Waals surface area contributed by atoms with Crippen molar-refractivity contribution < 1.29 is 14.3 Å². The van der Waals surface area contributed by atoms with E-state index in [2.05, 4.69) is 43.8 Å². The first-order chi connectivity index (χ1) is 13.3. The van der Waals surface area contributed by atoms with Crippen LogP contribution >= 0.6 is 0 Å². The molecule has 0 unspecified atom stereocenters. The third-order valence-electron chi connectivity index (χ3n) is 4.16. The molecule has 0 aliphatic heterocycles. The summed E-state index contributed by atoms with van der Waals surface area (Å²) in [6, 6.07) is 16.6. The van der Waals surface area contributed by atoms with Gasteiger partial charge in [-0.3, -0.25) is 20.4 Å². The molecule has 2 aromatic carbocycles. The van der Waals surface area contributed by atoms with E-state index in [0.29, 0.717) is 17.7 Å². The fourth-order valence-corrected chi connectivity index (χ4v) is 2.44. The molecule has 0 aromatic heterocycles. The van der Waals surface area contributed by atoms with Gasteiger partial charge in [0, 0.05) is 6.42 Å². The Hall–Kier alpha value is -3.33. The molecule has 0 bridgehead atoms. The molecule has 0 fully saturated rings. The van der Waals surface area contributed by atoms with Gasteiger partial charge < -0.3 is 4.74 Å². The number of carbonyl (C=O) groups is 2. The number of nitriles is 1. The first-order valence-corrected chi connectivity index (χ1v) is 9.08. The number of hydrogen-bond acceptors (Lipinski definition) is 4. The highest BCUT2D eigenvalue weighted by molar-refractivity contribution is 5.82. The Labute approximate surface area is 165 Å². The number of hydrazine groups is 1. The Morgan fingerprint density at radius 2 is 1.57 bits per heavy atom. The Morgan fingerprint density at radius 3 is 2.14 bits per heavy atom. The number of rotatable bonds is 6. The van der Waals surface area contributed by atoms with Crippen molar-refractivity contribution >= 4 is 11.8 Å². The van der Waals surface area contributed by atoms with Gasteiger partial charge in [0.2, 0.25) is 5.91 Å². The quantitative estimate of drug-likeness (QED) is 0.755. The van der Waals surface area contributed by atoms with E-state index in [1.54, 1.807) is 24.3 Å². The molecule has 2 aromatic rings. The Balaban J connectivity index is 1.68. The molecule has 0 radical (unpaired) electrons.